The molecule has 0 aliphatic rings. The number of anilines is 1. The second-order valence-corrected chi connectivity index (χ2v) is 3.87. The van der Waals surface area contributed by atoms with Crippen molar-refractivity contribution in [3.8, 4) is 0 Å². The molecular weight excluding hydrogens is 288 g/mol. The summed E-state index contributed by atoms with van der Waals surface area (Å²) in [4.78, 5) is 11.3. The van der Waals surface area contributed by atoms with Crippen molar-refractivity contribution >= 4 is 39.2 Å². The number of nitrogens with two attached hydrogens (primary N) is 1. The van der Waals surface area contributed by atoms with Gasteiger partial charge in [-0.05, 0) is 28.9 Å². The van der Waals surface area contributed by atoms with Crippen molar-refractivity contribution in [3.05, 3.63) is 26.9 Å². The number of ether oxygens (including phenoxy) is 1. The van der Waals surface area contributed by atoms with Crippen LogP contribution < -0.4 is 5.73 Å². The zero-order chi connectivity index (χ0) is 11.6. The number of nitrogen functional groups attached to an aromatic ring is 1. The van der Waals surface area contributed by atoms with Gasteiger partial charge in [0, 0.05) is 0 Å². The van der Waals surface area contributed by atoms with Crippen LogP contribution in [0.2, 0.25) is 5.02 Å². The highest BCUT2D eigenvalue weighted by molar-refractivity contribution is 9.10. The molecule has 0 saturated carbocycles. The van der Waals surface area contributed by atoms with Crippen LogP contribution in [0.3, 0.4) is 0 Å². The topological polar surface area (TPSA) is 52.3 Å². The van der Waals surface area contributed by atoms with E-state index in [0.717, 1.165) is 0 Å². The molecule has 3 nitrogen and oxygen atoms in total. The summed E-state index contributed by atoms with van der Waals surface area (Å²) in [5, 5.41) is 0.0738. The summed E-state index contributed by atoms with van der Waals surface area (Å²) in [6, 6.07) is 1.27. The average Bonchev–Trinajstić information content (AvgIpc) is 2.20. The zero-order valence-electron chi connectivity index (χ0n) is 7.81. The molecule has 0 unspecified atom stereocenters. The lowest BCUT2D eigenvalue weighted by Gasteiger charge is -2.08. The predicted molar refractivity (Wildman–Crippen MR) is 59.5 cm³/mol. The second-order valence-electron chi connectivity index (χ2n) is 2.67. The fraction of sp³-hybridized carbons (Fsp3) is 0.222. The van der Waals surface area contributed by atoms with E-state index in [4.69, 9.17) is 22.1 Å². The Hall–Kier alpha value is -0.810. The minimum Gasteiger partial charge on any atom is -0.462 e. The van der Waals surface area contributed by atoms with E-state index >= 15 is 0 Å². The third-order valence-corrected chi connectivity index (χ3v) is 3.00. The molecule has 1 rings (SSSR count). The average molecular weight is 297 g/mol. The molecule has 0 aliphatic carbocycles. The molecular formula is C9H8BrClFNO2. The van der Waals surface area contributed by atoms with E-state index in [-0.39, 0.29) is 27.4 Å². The Morgan fingerprint density at radius 3 is 2.87 bits per heavy atom. The van der Waals surface area contributed by atoms with Crippen molar-refractivity contribution in [1.29, 1.82) is 0 Å². The van der Waals surface area contributed by atoms with Crippen LogP contribution in [0.5, 0.6) is 0 Å². The lowest BCUT2D eigenvalue weighted by Crippen LogP contribution is -2.09. The molecule has 0 fully saturated rings. The number of carbonyl (C=O) groups is 1. The number of hydrogen-bond acceptors (Lipinski definition) is 3. The maximum Gasteiger partial charge on any atom is 0.340 e. The Morgan fingerprint density at radius 1 is 1.73 bits per heavy atom. The Bertz CT molecular complexity index is 412. The lowest BCUT2D eigenvalue weighted by atomic mass is 10.2. The summed E-state index contributed by atoms with van der Waals surface area (Å²) in [5.74, 6) is -1.45. The molecule has 0 spiro atoms. The van der Waals surface area contributed by atoms with Gasteiger partial charge >= 0.3 is 5.97 Å². The first kappa shape index (κ1) is 12.3. The molecule has 1 aromatic rings. The van der Waals surface area contributed by atoms with Gasteiger partial charge < -0.3 is 10.5 Å². The first-order valence-electron chi connectivity index (χ1n) is 4.09. The van der Waals surface area contributed by atoms with Crippen molar-refractivity contribution in [1.82, 2.24) is 0 Å². The van der Waals surface area contributed by atoms with Gasteiger partial charge in [-0.25, -0.2) is 9.18 Å². The molecule has 0 heterocycles. The van der Waals surface area contributed by atoms with E-state index < -0.39 is 11.8 Å². The maximum absolute atomic E-state index is 13.4. The summed E-state index contributed by atoms with van der Waals surface area (Å²) in [7, 11) is 0. The summed E-state index contributed by atoms with van der Waals surface area (Å²) < 4.78 is 18.1. The Kier molecular flexibility index (Phi) is 3.93. The summed E-state index contributed by atoms with van der Waals surface area (Å²) in [5.41, 5.74) is 5.08. The smallest absolute Gasteiger partial charge is 0.340 e. The second kappa shape index (κ2) is 4.81. The molecule has 0 saturated heterocycles. The van der Waals surface area contributed by atoms with Gasteiger partial charge in [0.2, 0.25) is 0 Å². The van der Waals surface area contributed by atoms with Crippen LogP contribution in [0.25, 0.3) is 0 Å². The molecule has 0 bridgehead atoms. The highest BCUT2D eigenvalue weighted by Crippen LogP contribution is 2.32. The van der Waals surface area contributed by atoms with Gasteiger partial charge in [0.05, 0.1) is 27.4 Å². The Labute approximate surface area is 99.5 Å². The Morgan fingerprint density at radius 2 is 2.33 bits per heavy atom. The number of rotatable bonds is 2. The van der Waals surface area contributed by atoms with Gasteiger partial charge in [0.1, 0.15) is 0 Å². The molecule has 1 aromatic carbocycles. The largest absolute Gasteiger partial charge is 0.462 e. The van der Waals surface area contributed by atoms with Crippen LogP contribution >= 0.6 is 27.5 Å². The number of esters is 1. The first-order valence-corrected chi connectivity index (χ1v) is 5.26. The van der Waals surface area contributed by atoms with Crippen LogP contribution in [-0.4, -0.2) is 12.6 Å². The van der Waals surface area contributed by atoms with Gasteiger partial charge in [0.25, 0.3) is 0 Å². The SMILES string of the molecule is CCOC(=O)c1cc(Cl)c(Br)c(F)c1N. The fourth-order valence-corrected chi connectivity index (χ4v) is 1.51. The first-order chi connectivity index (χ1) is 6.99. The monoisotopic (exact) mass is 295 g/mol. The van der Waals surface area contributed by atoms with Gasteiger partial charge in [0.15, 0.2) is 5.82 Å². The van der Waals surface area contributed by atoms with Gasteiger partial charge in [-0.1, -0.05) is 11.6 Å². The number of benzene rings is 1. The Balaban J connectivity index is 3.26. The number of carbonyl (C=O) groups excluding carboxylic acids is 1. The number of hydrogen-bond donors (Lipinski definition) is 1. The quantitative estimate of drug-likeness (QED) is 0.518. The fourth-order valence-electron chi connectivity index (χ4n) is 0.987. The van der Waals surface area contributed by atoms with E-state index in [0.29, 0.717) is 0 Å². The molecule has 0 atom stereocenters. The van der Waals surface area contributed by atoms with E-state index in [1.807, 2.05) is 0 Å². The summed E-state index contributed by atoms with van der Waals surface area (Å²) >= 11 is 8.60. The highest BCUT2D eigenvalue weighted by Gasteiger charge is 2.19. The van der Waals surface area contributed by atoms with Crippen molar-refractivity contribution in [3.63, 3.8) is 0 Å². The lowest BCUT2D eigenvalue weighted by molar-refractivity contribution is 0.0527. The molecule has 15 heavy (non-hydrogen) atoms. The van der Waals surface area contributed by atoms with Crippen molar-refractivity contribution in [2.24, 2.45) is 0 Å². The van der Waals surface area contributed by atoms with Crippen molar-refractivity contribution in [2.75, 3.05) is 12.3 Å². The van der Waals surface area contributed by atoms with Crippen LogP contribution in [0.1, 0.15) is 17.3 Å². The molecule has 2 N–H and O–H groups in total. The minimum absolute atomic E-state index is 0.0368. The molecule has 6 heteroatoms. The zero-order valence-corrected chi connectivity index (χ0v) is 10.2. The maximum atomic E-state index is 13.4. The van der Waals surface area contributed by atoms with Crippen molar-refractivity contribution < 1.29 is 13.9 Å². The van der Waals surface area contributed by atoms with Crippen LogP contribution in [-0.2, 0) is 4.74 Å². The summed E-state index contributed by atoms with van der Waals surface area (Å²) in [6.45, 7) is 1.83. The molecule has 0 aliphatic heterocycles. The third-order valence-electron chi connectivity index (χ3n) is 1.70. The van der Waals surface area contributed by atoms with E-state index in [1.165, 1.54) is 6.07 Å². The predicted octanol–water partition coefficient (Wildman–Crippen LogP) is 3.00. The molecule has 0 radical (unpaired) electrons. The highest BCUT2D eigenvalue weighted by atomic mass is 79.9. The van der Waals surface area contributed by atoms with Crippen molar-refractivity contribution in [2.45, 2.75) is 6.92 Å². The van der Waals surface area contributed by atoms with Crippen LogP contribution in [0.15, 0.2) is 10.5 Å². The summed E-state index contributed by atoms with van der Waals surface area (Å²) in [6.07, 6.45) is 0. The van der Waals surface area contributed by atoms with E-state index in [2.05, 4.69) is 15.9 Å². The van der Waals surface area contributed by atoms with Gasteiger partial charge in [-0.2, -0.15) is 0 Å². The van der Waals surface area contributed by atoms with E-state index in [1.54, 1.807) is 6.92 Å². The normalized spacial score (nSPS) is 10.1. The van der Waals surface area contributed by atoms with Gasteiger partial charge in [-0.15, -0.1) is 0 Å². The molecule has 0 amide bonds. The standard InChI is InChI=1S/C9H8BrClFNO2/c1-2-15-9(14)4-3-5(11)6(10)7(12)8(4)13/h3H,2,13H2,1H3. The minimum atomic E-state index is -0.759. The molecule has 0 aromatic heterocycles. The molecule has 82 valence electrons. The number of halogens is 3. The van der Waals surface area contributed by atoms with Gasteiger partial charge in [-0.3, -0.25) is 0 Å². The van der Waals surface area contributed by atoms with Crippen LogP contribution in [0.4, 0.5) is 10.1 Å². The van der Waals surface area contributed by atoms with E-state index in [9.17, 15) is 9.18 Å². The van der Waals surface area contributed by atoms with Crippen LogP contribution in [0, 0.1) is 5.82 Å². The third kappa shape index (κ3) is 2.41.